The first-order valence-corrected chi connectivity index (χ1v) is 17.7. The molecule has 3 aromatic rings. The zero-order valence-corrected chi connectivity index (χ0v) is 28.1. The van der Waals surface area contributed by atoms with Crippen LogP contribution in [0.5, 0.6) is 5.75 Å². The molecule has 0 radical (unpaired) electrons. The van der Waals surface area contributed by atoms with E-state index in [1.165, 1.54) is 63.1 Å². The SMILES string of the molecule is CCCCCCCCOC[C@@H](COC(c1ccccc1)(c1ccccc1)c1ccc(OC)cc1)SC(=O)CCCCCCC. The fourth-order valence-corrected chi connectivity index (χ4v) is 6.51. The van der Waals surface area contributed by atoms with E-state index in [1.54, 1.807) is 7.11 Å². The number of benzene rings is 3. The third kappa shape index (κ3) is 11.7. The first-order valence-electron chi connectivity index (χ1n) is 16.8. The number of carbonyl (C=O) groups excluding carboxylic acids is 1. The largest absolute Gasteiger partial charge is 0.497 e. The molecule has 0 aliphatic rings. The van der Waals surface area contributed by atoms with Gasteiger partial charge in [0.05, 0.1) is 25.6 Å². The Bertz CT molecular complexity index is 1110. The predicted octanol–water partition coefficient (Wildman–Crippen LogP) is 10.4. The lowest BCUT2D eigenvalue weighted by atomic mass is 9.80. The van der Waals surface area contributed by atoms with Crippen LogP contribution in [0.1, 0.15) is 108 Å². The summed E-state index contributed by atoms with van der Waals surface area (Å²) in [5.74, 6) is 0.796. The molecular formula is C39H54O4S. The average molecular weight is 619 g/mol. The van der Waals surface area contributed by atoms with Gasteiger partial charge in [-0.25, -0.2) is 0 Å². The van der Waals surface area contributed by atoms with E-state index in [0.717, 1.165) is 48.3 Å². The van der Waals surface area contributed by atoms with Gasteiger partial charge < -0.3 is 14.2 Å². The van der Waals surface area contributed by atoms with Crippen LogP contribution < -0.4 is 4.74 Å². The van der Waals surface area contributed by atoms with Crippen molar-refractivity contribution in [1.29, 1.82) is 0 Å². The maximum Gasteiger partial charge on any atom is 0.189 e. The van der Waals surface area contributed by atoms with Gasteiger partial charge in [0.2, 0.25) is 0 Å². The molecular weight excluding hydrogens is 564 g/mol. The minimum Gasteiger partial charge on any atom is -0.497 e. The number of ether oxygens (including phenoxy) is 3. The Hall–Kier alpha value is -2.60. The Labute approximate surface area is 271 Å². The molecule has 0 amide bonds. The monoisotopic (exact) mass is 618 g/mol. The molecule has 0 fully saturated rings. The molecule has 4 nitrogen and oxygen atoms in total. The first kappa shape index (κ1) is 35.9. The van der Waals surface area contributed by atoms with Crippen LogP contribution in [0.25, 0.3) is 0 Å². The van der Waals surface area contributed by atoms with Crippen molar-refractivity contribution in [3.8, 4) is 5.75 Å². The molecule has 0 heterocycles. The second-order valence-electron chi connectivity index (χ2n) is 11.6. The van der Waals surface area contributed by atoms with Crippen LogP contribution in [0.4, 0.5) is 0 Å². The summed E-state index contributed by atoms with van der Waals surface area (Å²) in [5.41, 5.74) is 2.22. The van der Waals surface area contributed by atoms with Crippen LogP contribution in [0.3, 0.4) is 0 Å². The Kier molecular flexibility index (Phi) is 17.3. The molecule has 5 heteroatoms. The summed E-state index contributed by atoms with van der Waals surface area (Å²) < 4.78 is 18.8. The molecule has 44 heavy (non-hydrogen) atoms. The van der Waals surface area contributed by atoms with E-state index in [1.807, 2.05) is 24.3 Å². The van der Waals surface area contributed by atoms with Crippen LogP contribution in [-0.4, -0.2) is 37.3 Å². The van der Waals surface area contributed by atoms with E-state index in [2.05, 4.69) is 74.5 Å². The minimum absolute atomic E-state index is 0.108. The maximum atomic E-state index is 13.2. The average Bonchev–Trinajstić information content (AvgIpc) is 3.07. The summed E-state index contributed by atoms with van der Waals surface area (Å²) in [6.07, 6.45) is 13.6. The van der Waals surface area contributed by atoms with Crippen molar-refractivity contribution < 1.29 is 19.0 Å². The Balaban J connectivity index is 1.82. The van der Waals surface area contributed by atoms with Crippen molar-refractivity contribution in [2.75, 3.05) is 26.9 Å². The van der Waals surface area contributed by atoms with E-state index in [9.17, 15) is 4.79 Å². The van der Waals surface area contributed by atoms with E-state index in [4.69, 9.17) is 14.2 Å². The van der Waals surface area contributed by atoms with Crippen LogP contribution in [0, 0.1) is 0 Å². The van der Waals surface area contributed by atoms with Crippen molar-refractivity contribution in [1.82, 2.24) is 0 Å². The van der Waals surface area contributed by atoms with Gasteiger partial charge in [0.25, 0.3) is 0 Å². The number of hydrogen-bond acceptors (Lipinski definition) is 5. The van der Waals surface area contributed by atoms with Crippen molar-refractivity contribution in [2.24, 2.45) is 0 Å². The molecule has 0 aliphatic heterocycles. The summed E-state index contributed by atoms with van der Waals surface area (Å²) in [6, 6.07) is 28.9. The standard InChI is InChI=1S/C39H54O4S/c1-4-6-8-10-12-20-30-42-31-37(44-38(40)25-19-11-9-7-5-2)32-43-39(33-21-15-13-16-22-33,34-23-17-14-18-24-34)35-26-28-36(41-3)29-27-35/h13-18,21-24,26-29,37H,4-12,19-20,25,30-32H2,1-3H3/t37-/m0/s1. The number of thioether (sulfide) groups is 1. The highest BCUT2D eigenvalue weighted by molar-refractivity contribution is 8.14. The van der Waals surface area contributed by atoms with Crippen molar-refractivity contribution >= 4 is 16.9 Å². The van der Waals surface area contributed by atoms with Crippen LogP contribution in [0.2, 0.25) is 0 Å². The lowest BCUT2D eigenvalue weighted by molar-refractivity contribution is -0.111. The van der Waals surface area contributed by atoms with Crippen molar-refractivity contribution in [3.05, 3.63) is 102 Å². The van der Waals surface area contributed by atoms with Crippen LogP contribution >= 0.6 is 11.8 Å². The smallest absolute Gasteiger partial charge is 0.189 e. The molecule has 3 rings (SSSR count). The molecule has 0 bridgehead atoms. The molecule has 0 aliphatic carbocycles. The third-order valence-electron chi connectivity index (χ3n) is 8.07. The summed E-state index contributed by atoms with van der Waals surface area (Å²) in [5, 5.41) is 0.121. The molecule has 0 aromatic heterocycles. The zero-order chi connectivity index (χ0) is 31.3. The molecule has 0 saturated heterocycles. The fourth-order valence-electron chi connectivity index (χ4n) is 5.57. The maximum absolute atomic E-state index is 13.2. The van der Waals surface area contributed by atoms with Gasteiger partial charge in [-0.1, -0.05) is 156 Å². The normalized spacial score (nSPS) is 12.2. The van der Waals surface area contributed by atoms with Crippen molar-refractivity contribution in [2.45, 2.75) is 102 Å². The lowest BCUT2D eigenvalue weighted by Gasteiger charge is -2.37. The molecule has 3 aromatic carbocycles. The highest BCUT2D eigenvalue weighted by atomic mass is 32.2. The highest BCUT2D eigenvalue weighted by Crippen LogP contribution is 2.41. The topological polar surface area (TPSA) is 44.8 Å². The van der Waals surface area contributed by atoms with E-state index in [-0.39, 0.29) is 10.4 Å². The molecule has 0 N–H and O–H groups in total. The third-order valence-corrected chi connectivity index (χ3v) is 9.14. The predicted molar refractivity (Wildman–Crippen MR) is 186 cm³/mol. The molecule has 1 atom stereocenters. The Morgan fingerprint density at radius 1 is 0.659 bits per heavy atom. The number of hydrogen-bond donors (Lipinski definition) is 0. The molecule has 0 unspecified atom stereocenters. The van der Waals surface area contributed by atoms with Gasteiger partial charge in [0, 0.05) is 13.0 Å². The van der Waals surface area contributed by atoms with Gasteiger partial charge in [0.1, 0.15) is 11.4 Å². The number of rotatable bonds is 23. The van der Waals surface area contributed by atoms with Gasteiger partial charge in [-0.05, 0) is 41.7 Å². The first-order chi connectivity index (χ1) is 21.6. The van der Waals surface area contributed by atoms with Crippen LogP contribution in [-0.2, 0) is 19.9 Å². The fraction of sp³-hybridized carbons (Fsp3) is 0.513. The van der Waals surface area contributed by atoms with Crippen molar-refractivity contribution in [3.63, 3.8) is 0 Å². The lowest BCUT2D eigenvalue weighted by Crippen LogP contribution is -2.36. The van der Waals surface area contributed by atoms with E-state index < -0.39 is 5.60 Å². The minimum atomic E-state index is -0.865. The van der Waals surface area contributed by atoms with Gasteiger partial charge in [0.15, 0.2) is 5.12 Å². The molecule has 240 valence electrons. The van der Waals surface area contributed by atoms with E-state index >= 15 is 0 Å². The van der Waals surface area contributed by atoms with E-state index in [0.29, 0.717) is 19.6 Å². The Morgan fingerprint density at radius 2 is 1.18 bits per heavy atom. The van der Waals surface area contributed by atoms with Gasteiger partial charge in [-0.15, -0.1) is 0 Å². The second-order valence-corrected chi connectivity index (χ2v) is 12.9. The second kappa shape index (κ2) is 21.2. The quantitative estimate of drug-likeness (QED) is 0.0781. The summed E-state index contributed by atoms with van der Waals surface area (Å²) in [7, 11) is 1.68. The number of unbranched alkanes of at least 4 members (excludes halogenated alkanes) is 9. The van der Waals surface area contributed by atoms with Crippen LogP contribution in [0.15, 0.2) is 84.9 Å². The molecule has 0 saturated carbocycles. The number of methoxy groups -OCH3 is 1. The Morgan fingerprint density at radius 3 is 1.75 bits per heavy atom. The summed E-state index contributed by atoms with van der Waals surface area (Å²) in [6.45, 7) is 6.04. The summed E-state index contributed by atoms with van der Waals surface area (Å²) in [4.78, 5) is 13.2. The molecule has 0 spiro atoms. The van der Waals surface area contributed by atoms with Gasteiger partial charge in [-0.2, -0.15) is 0 Å². The number of carbonyl (C=O) groups is 1. The van der Waals surface area contributed by atoms with Gasteiger partial charge >= 0.3 is 0 Å². The zero-order valence-electron chi connectivity index (χ0n) is 27.3. The summed E-state index contributed by atoms with van der Waals surface area (Å²) >= 11 is 1.41. The highest BCUT2D eigenvalue weighted by Gasteiger charge is 2.38. The van der Waals surface area contributed by atoms with Gasteiger partial charge in [-0.3, -0.25) is 4.79 Å².